The molecule has 0 aromatic carbocycles. The molecule has 0 atom stereocenters. The first kappa shape index (κ1) is 11.8. The summed E-state index contributed by atoms with van der Waals surface area (Å²) in [5.74, 6) is -1.56. The van der Waals surface area contributed by atoms with Crippen LogP contribution in [0.4, 0.5) is 5.69 Å². The fraction of sp³-hybridized carbons (Fsp3) is 0.0909. The number of hydrogen-bond donors (Lipinski definition) is 3. The highest BCUT2D eigenvalue weighted by atomic mass is 16.4. The monoisotopic (exact) mass is 246 g/mol. The SMILES string of the molecule is Cc1[nH]cc(NC(=O)c2cncnc2)c1C(=O)O. The van der Waals surface area contributed by atoms with Crippen molar-refractivity contribution >= 4 is 17.6 Å². The number of aryl methyl sites for hydroxylation is 1. The Bertz CT molecular complexity index is 592. The average molecular weight is 246 g/mol. The van der Waals surface area contributed by atoms with Crippen molar-refractivity contribution in [2.75, 3.05) is 5.32 Å². The first-order valence-corrected chi connectivity index (χ1v) is 5.07. The second-order valence-corrected chi connectivity index (χ2v) is 3.59. The van der Waals surface area contributed by atoms with Crippen molar-refractivity contribution in [1.82, 2.24) is 15.0 Å². The standard InChI is InChI=1S/C11H10N4O3/c1-6-9(11(17)18)8(4-14-6)15-10(16)7-2-12-5-13-3-7/h2-5,14H,1H3,(H,15,16)(H,17,18). The average Bonchev–Trinajstić information content (AvgIpc) is 2.71. The van der Waals surface area contributed by atoms with Gasteiger partial charge in [0.2, 0.25) is 0 Å². The third-order valence-corrected chi connectivity index (χ3v) is 2.36. The minimum Gasteiger partial charge on any atom is -0.478 e. The number of hydrogen-bond acceptors (Lipinski definition) is 4. The molecule has 0 aliphatic heterocycles. The maximum atomic E-state index is 11.8. The van der Waals surface area contributed by atoms with Gasteiger partial charge in [0.1, 0.15) is 11.9 Å². The van der Waals surface area contributed by atoms with E-state index in [0.717, 1.165) is 0 Å². The summed E-state index contributed by atoms with van der Waals surface area (Å²) >= 11 is 0. The Morgan fingerprint density at radius 2 is 2.00 bits per heavy atom. The van der Waals surface area contributed by atoms with Crippen LogP contribution in [0.25, 0.3) is 0 Å². The summed E-state index contributed by atoms with van der Waals surface area (Å²) < 4.78 is 0. The van der Waals surface area contributed by atoms with Gasteiger partial charge in [0, 0.05) is 24.3 Å². The molecule has 2 rings (SSSR count). The molecular formula is C11H10N4O3. The fourth-order valence-electron chi connectivity index (χ4n) is 1.51. The molecule has 18 heavy (non-hydrogen) atoms. The summed E-state index contributed by atoms with van der Waals surface area (Å²) in [4.78, 5) is 33.0. The smallest absolute Gasteiger partial charge is 0.339 e. The lowest BCUT2D eigenvalue weighted by Crippen LogP contribution is -2.14. The molecule has 92 valence electrons. The number of carbonyl (C=O) groups is 2. The van der Waals surface area contributed by atoms with Crippen molar-refractivity contribution in [3.05, 3.63) is 41.7 Å². The highest BCUT2D eigenvalue weighted by Gasteiger charge is 2.17. The lowest BCUT2D eigenvalue weighted by molar-refractivity contribution is 0.0697. The molecule has 0 spiro atoms. The van der Waals surface area contributed by atoms with E-state index in [-0.39, 0.29) is 16.8 Å². The first-order valence-electron chi connectivity index (χ1n) is 5.07. The Labute approximate surface area is 102 Å². The molecule has 0 saturated heterocycles. The van der Waals surface area contributed by atoms with Crippen LogP contribution in [-0.2, 0) is 0 Å². The third-order valence-electron chi connectivity index (χ3n) is 2.36. The Hall–Kier alpha value is -2.70. The number of carboxylic acids is 1. The Kier molecular flexibility index (Phi) is 3.05. The van der Waals surface area contributed by atoms with E-state index in [1.54, 1.807) is 6.92 Å². The van der Waals surface area contributed by atoms with Gasteiger partial charge in [0.05, 0.1) is 11.3 Å². The number of carboxylic acid groups (broad SMARTS) is 1. The highest BCUT2D eigenvalue weighted by molar-refractivity contribution is 6.07. The number of amides is 1. The summed E-state index contributed by atoms with van der Waals surface area (Å²) in [5.41, 5.74) is 0.990. The molecule has 0 radical (unpaired) electrons. The number of nitrogens with one attached hydrogen (secondary N) is 2. The van der Waals surface area contributed by atoms with Gasteiger partial charge in [0.15, 0.2) is 0 Å². The number of aromatic nitrogens is 3. The molecule has 2 aromatic rings. The van der Waals surface area contributed by atoms with Crippen LogP contribution < -0.4 is 5.32 Å². The summed E-state index contributed by atoms with van der Waals surface area (Å²) in [6.07, 6.45) is 5.44. The number of nitrogens with zero attached hydrogens (tertiary/aromatic N) is 2. The van der Waals surface area contributed by atoms with Crippen LogP contribution in [0.1, 0.15) is 26.4 Å². The second kappa shape index (κ2) is 4.66. The zero-order valence-corrected chi connectivity index (χ0v) is 9.47. The molecule has 0 fully saturated rings. The molecule has 7 heteroatoms. The van der Waals surface area contributed by atoms with Crippen LogP contribution >= 0.6 is 0 Å². The van der Waals surface area contributed by atoms with Crippen molar-refractivity contribution in [1.29, 1.82) is 0 Å². The van der Waals surface area contributed by atoms with Crippen molar-refractivity contribution in [2.45, 2.75) is 6.92 Å². The molecule has 0 saturated carbocycles. The summed E-state index contributed by atoms with van der Waals surface area (Å²) in [7, 11) is 0. The van der Waals surface area contributed by atoms with Crippen LogP contribution in [0.5, 0.6) is 0 Å². The predicted octanol–water partition coefficient (Wildman–Crippen LogP) is 1.06. The molecule has 3 N–H and O–H groups in total. The Balaban J connectivity index is 2.25. The molecule has 0 unspecified atom stereocenters. The fourth-order valence-corrected chi connectivity index (χ4v) is 1.51. The van der Waals surface area contributed by atoms with E-state index in [4.69, 9.17) is 5.11 Å². The quantitative estimate of drug-likeness (QED) is 0.750. The van der Waals surface area contributed by atoms with Crippen LogP contribution in [-0.4, -0.2) is 31.9 Å². The minimum atomic E-state index is -1.10. The number of anilines is 1. The normalized spacial score (nSPS) is 10.1. The zero-order chi connectivity index (χ0) is 13.1. The van der Waals surface area contributed by atoms with Gasteiger partial charge >= 0.3 is 5.97 Å². The van der Waals surface area contributed by atoms with Gasteiger partial charge in [-0.25, -0.2) is 14.8 Å². The van der Waals surface area contributed by atoms with Crippen LogP contribution in [0.15, 0.2) is 24.9 Å². The largest absolute Gasteiger partial charge is 0.478 e. The van der Waals surface area contributed by atoms with Crippen LogP contribution in [0, 0.1) is 6.92 Å². The minimum absolute atomic E-state index is 0.0419. The highest BCUT2D eigenvalue weighted by Crippen LogP contribution is 2.19. The van der Waals surface area contributed by atoms with Gasteiger partial charge in [-0.15, -0.1) is 0 Å². The summed E-state index contributed by atoms with van der Waals surface area (Å²) in [5, 5.41) is 11.5. The Morgan fingerprint density at radius 3 is 2.61 bits per heavy atom. The zero-order valence-electron chi connectivity index (χ0n) is 9.47. The van der Waals surface area contributed by atoms with Gasteiger partial charge in [-0.3, -0.25) is 4.79 Å². The molecule has 1 amide bonds. The van der Waals surface area contributed by atoms with Gasteiger partial charge in [-0.05, 0) is 6.92 Å². The second-order valence-electron chi connectivity index (χ2n) is 3.59. The topological polar surface area (TPSA) is 108 Å². The van der Waals surface area contributed by atoms with Crippen molar-refractivity contribution in [2.24, 2.45) is 0 Å². The van der Waals surface area contributed by atoms with Crippen LogP contribution in [0.2, 0.25) is 0 Å². The van der Waals surface area contributed by atoms with E-state index in [1.807, 2.05) is 0 Å². The maximum Gasteiger partial charge on any atom is 0.339 e. The molecule has 7 nitrogen and oxygen atoms in total. The molecule has 0 aliphatic carbocycles. The van der Waals surface area contributed by atoms with E-state index in [1.165, 1.54) is 24.9 Å². The number of aromatic amines is 1. The molecule has 0 aliphatic rings. The van der Waals surface area contributed by atoms with Gasteiger partial charge in [0.25, 0.3) is 5.91 Å². The molecule has 2 aromatic heterocycles. The van der Waals surface area contributed by atoms with Crippen molar-refractivity contribution in [3.8, 4) is 0 Å². The molecule has 2 heterocycles. The summed E-state index contributed by atoms with van der Waals surface area (Å²) in [6, 6.07) is 0. The Morgan fingerprint density at radius 1 is 1.33 bits per heavy atom. The van der Waals surface area contributed by atoms with Crippen molar-refractivity contribution in [3.63, 3.8) is 0 Å². The number of rotatable bonds is 3. The van der Waals surface area contributed by atoms with Crippen LogP contribution in [0.3, 0.4) is 0 Å². The van der Waals surface area contributed by atoms with Gasteiger partial charge in [-0.2, -0.15) is 0 Å². The van der Waals surface area contributed by atoms with E-state index < -0.39 is 11.9 Å². The van der Waals surface area contributed by atoms with Gasteiger partial charge in [-0.1, -0.05) is 0 Å². The van der Waals surface area contributed by atoms with E-state index in [0.29, 0.717) is 5.69 Å². The van der Waals surface area contributed by atoms with E-state index >= 15 is 0 Å². The van der Waals surface area contributed by atoms with Gasteiger partial charge < -0.3 is 15.4 Å². The van der Waals surface area contributed by atoms with Crippen molar-refractivity contribution < 1.29 is 14.7 Å². The molecule has 0 bridgehead atoms. The molecular weight excluding hydrogens is 236 g/mol. The predicted molar refractivity (Wildman–Crippen MR) is 62.5 cm³/mol. The first-order chi connectivity index (χ1) is 8.59. The number of carbonyl (C=O) groups excluding carboxylic acids is 1. The third kappa shape index (κ3) is 2.19. The van der Waals surface area contributed by atoms with E-state index in [9.17, 15) is 9.59 Å². The lowest BCUT2D eigenvalue weighted by atomic mass is 10.2. The summed E-state index contributed by atoms with van der Waals surface area (Å²) in [6.45, 7) is 1.62. The number of aromatic carboxylic acids is 1. The maximum absolute atomic E-state index is 11.8. The number of H-pyrrole nitrogens is 1. The lowest BCUT2D eigenvalue weighted by Gasteiger charge is -2.03. The van der Waals surface area contributed by atoms with E-state index in [2.05, 4.69) is 20.3 Å².